The van der Waals surface area contributed by atoms with Crippen molar-refractivity contribution in [1.82, 2.24) is 25.9 Å². The molecule has 3 amide bonds. The number of benzene rings is 2. The summed E-state index contributed by atoms with van der Waals surface area (Å²) >= 11 is 0. The number of para-hydroxylation sites is 2. The number of carboxylic acids is 1. The van der Waals surface area contributed by atoms with Crippen LogP contribution in [0, 0.1) is 11.8 Å². The van der Waals surface area contributed by atoms with E-state index >= 15 is 0 Å². The van der Waals surface area contributed by atoms with Crippen LogP contribution in [-0.4, -0.2) is 62.9 Å². The van der Waals surface area contributed by atoms with Gasteiger partial charge in [0.25, 0.3) is 0 Å². The van der Waals surface area contributed by atoms with Crippen LogP contribution in [0.1, 0.15) is 51.7 Å². The molecule has 8 N–H and O–H groups in total. The lowest BCUT2D eigenvalue weighted by molar-refractivity contribution is -0.143. The fourth-order valence-electron chi connectivity index (χ4n) is 5.55. The molecule has 0 saturated carbocycles. The van der Waals surface area contributed by atoms with Crippen LogP contribution in [0.2, 0.25) is 0 Å². The smallest absolute Gasteiger partial charge is 0.326 e. The van der Waals surface area contributed by atoms with Gasteiger partial charge in [-0.2, -0.15) is 0 Å². The van der Waals surface area contributed by atoms with Gasteiger partial charge >= 0.3 is 5.97 Å². The largest absolute Gasteiger partial charge is 0.480 e. The zero-order valence-corrected chi connectivity index (χ0v) is 26.2. The van der Waals surface area contributed by atoms with Gasteiger partial charge in [0.1, 0.15) is 18.1 Å². The second-order valence-corrected chi connectivity index (χ2v) is 12.2. The summed E-state index contributed by atoms with van der Waals surface area (Å²) in [7, 11) is 0. The number of nitrogens with one attached hydrogen (secondary N) is 5. The van der Waals surface area contributed by atoms with E-state index in [1.54, 1.807) is 13.1 Å². The van der Waals surface area contributed by atoms with Crippen LogP contribution in [0.3, 0.4) is 0 Å². The highest BCUT2D eigenvalue weighted by molar-refractivity contribution is 5.95. The fraction of sp³-hybridized carbons (Fsp3) is 0.412. The summed E-state index contributed by atoms with van der Waals surface area (Å²) < 4.78 is 0. The molecule has 0 saturated heterocycles. The van der Waals surface area contributed by atoms with Crippen molar-refractivity contribution in [3.8, 4) is 0 Å². The normalized spacial score (nSPS) is 14.9. The second-order valence-electron chi connectivity index (χ2n) is 12.2. The molecular weight excluding hydrogens is 572 g/mol. The van der Waals surface area contributed by atoms with Crippen LogP contribution in [0.5, 0.6) is 0 Å². The van der Waals surface area contributed by atoms with Crippen molar-refractivity contribution in [3.05, 3.63) is 72.1 Å². The van der Waals surface area contributed by atoms with Crippen molar-refractivity contribution in [1.29, 1.82) is 0 Å². The van der Waals surface area contributed by atoms with E-state index in [2.05, 4.69) is 25.9 Å². The summed E-state index contributed by atoms with van der Waals surface area (Å²) in [6.45, 7) is 7.45. The number of aromatic nitrogens is 2. The molecule has 45 heavy (non-hydrogen) atoms. The minimum Gasteiger partial charge on any atom is -0.480 e. The summed E-state index contributed by atoms with van der Waals surface area (Å²) in [4.78, 5) is 59.0. The van der Waals surface area contributed by atoms with Crippen LogP contribution in [0.15, 0.2) is 60.9 Å². The van der Waals surface area contributed by atoms with Gasteiger partial charge in [0, 0.05) is 40.6 Å². The van der Waals surface area contributed by atoms with Gasteiger partial charge in [-0.1, -0.05) is 70.5 Å². The molecule has 0 spiro atoms. The molecule has 2 heterocycles. The fourth-order valence-corrected chi connectivity index (χ4v) is 5.55. The Morgan fingerprint density at radius 1 is 0.756 bits per heavy atom. The topological polar surface area (TPSA) is 182 Å². The van der Waals surface area contributed by atoms with Gasteiger partial charge in [0.2, 0.25) is 17.7 Å². The minimum atomic E-state index is -1.15. The number of amides is 3. The number of carboxylic acid groups (broad SMARTS) is 1. The van der Waals surface area contributed by atoms with Crippen molar-refractivity contribution in [2.45, 2.75) is 77.5 Å². The van der Waals surface area contributed by atoms with Gasteiger partial charge in [-0.15, -0.1) is 0 Å². The van der Waals surface area contributed by atoms with Crippen LogP contribution < -0.4 is 21.7 Å². The Labute approximate surface area is 262 Å². The third-order valence-corrected chi connectivity index (χ3v) is 8.30. The zero-order chi connectivity index (χ0) is 32.7. The minimum absolute atomic E-state index is 0.0357. The standard InChI is InChI=1S/C34H44N6O5/c1-5-20(4)30(34(44)45)40-33(43)29(16-22-18-37-27-13-9-7-11-24(22)27)39-32(42)28(14-19(2)3)38-31(41)25(35)15-21-17-36-26-12-8-6-10-23(21)26/h6-13,17-20,25,28-30,36-37H,5,14-16,35H2,1-4H3,(H,38,41)(H,39,42)(H,40,43)(H,44,45). The molecule has 0 radical (unpaired) electrons. The maximum absolute atomic E-state index is 13.8. The Morgan fingerprint density at radius 3 is 1.80 bits per heavy atom. The number of aliphatic carboxylic acids is 1. The average molecular weight is 617 g/mol. The molecule has 240 valence electrons. The number of H-pyrrole nitrogens is 2. The summed E-state index contributed by atoms with van der Waals surface area (Å²) in [6, 6.07) is 11.2. The van der Waals surface area contributed by atoms with Gasteiger partial charge < -0.3 is 36.8 Å². The first-order valence-corrected chi connectivity index (χ1v) is 15.5. The van der Waals surface area contributed by atoms with E-state index < -0.39 is 47.9 Å². The van der Waals surface area contributed by atoms with Crippen LogP contribution >= 0.6 is 0 Å². The molecule has 2 aromatic carbocycles. The van der Waals surface area contributed by atoms with Gasteiger partial charge in [-0.25, -0.2) is 4.79 Å². The van der Waals surface area contributed by atoms with Crippen LogP contribution in [-0.2, 0) is 32.0 Å². The van der Waals surface area contributed by atoms with Crippen molar-refractivity contribution in [3.63, 3.8) is 0 Å². The number of aromatic amines is 2. The van der Waals surface area contributed by atoms with E-state index in [1.807, 2.05) is 75.5 Å². The van der Waals surface area contributed by atoms with E-state index in [-0.39, 0.29) is 24.7 Å². The molecule has 0 aliphatic heterocycles. The Bertz CT molecular complexity index is 1640. The molecule has 11 heteroatoms. The molecule has 5 atom stereocenters. The van der Waals surface area contributed by atoms with Crippen LogP contribution in [0.4, 0.5) is 0 Å². The lowest BCUT2D eigenvalue weighted by Gasteiger charge is -2.27. The van der Waals surface area contributed by atoms with Crippen LogP contribution in [0.25, 0.3) is 21.8 Å². The third kappa shape index (κ3) is 8.30. The Balaban J connectivity index is 1.53. The zero-order valence-electron chi connectivity index (χ0n) is 26.2. The number of hydrogen-bond donors (Lipinski definition) is 7. The molecule has 0 aliphatic carbocycles. The molecule has 4 rings (SSSR count). The Kier molecular flexibility index (Phi) is 11.0. The Morgan fingerprint density at radius 2 is 1.27 bits per heavy atom. The van der Waals surface area contributed by atoms with Crippen molar-refractivity contribution >= 4 is 45.5 Å². The highest BCUT2D eigenvalue weighted by atomic mass is 16.4. The van der Waals surface area contributed by atoms with Crippen molar-refractivity contribution in [2.24, 2.45) is 17.6 Å². The van der Waals surface area contributed by atoms with Crippen molar-refractivity contribution in [2.75, 3.05) is 0 Å². The molecule has 5 unspecified atom stereocenters. The van der Waals surface area contributed by atoms with Gasteiger partial charge in [-0.05, 0) is 47.9 Å². The van der Waals surface area contributed by atoms with Gasteiger partial charge in [0.05, 0.1) is 6.04 Å². The third-order valence-electron chi connectivity index (χ3n) is 8.30. The maximum atomic E-state index is 13.8. The highest BCUT2D eigenvalue weighted by Crippen LogP contribution is 2.21. The number of carbonyl (C=O) groups excluding carboxylic acids is 3. The molecule has 11 nitrogen and oxygen atoms in total. The average Bonchev–Trinajstić information content (AvgIpc) is 3.62. The number of rotatable bonds is 15. The molecule has 0 bridgehead atoms. The lowest BCUT2D eigenvalue weighted by atomic mass is 9.97. The van der Waals surface area contributed by atoms with E-state index in [1.165, 1.54) is 0 Å². The van der Waals surface area contributed by atoms with E-state index in [9.17, 15) is 24.3 Å². The first kappa shape index (κ1) is 33.3. The SMILES string of the molecule is CCC(C)C(NC(=O)C(Cc1c[nH]c2ccccc12)NC(=O)C(CC(C)C)NC(=O)C(N)Cc1c[nH]c2ccccc12)C(=O)O. The Hall–Kier alpha value is -4.64. The molecule has 0 aliphatic rings. The first-order chi connectivity index (χ1) is 21.5. The molecule has 2 aromatic heterocycles. The number of hydrogen-bond acceptors (Lipinski definition) is 5. The number of fused-ring (bicyclic) bond motifs is 2. The number of nitrogens with two attached hydrogens (primary N) is 1. The molecule has 4 aromatic rings. The first-order valence-electron chi connectivity index (χ1n) is 15.5. The summed E-state index contributed by atoms with van der Waals surface area (Å²) in [5.41, 5.74) is 9.80. The maximum Gasteiger partial charge on any atom is 0.326 e. The second kappa shape index (κ2) is 14.9. The quantitative estimate of drug-likeness (QED) is 0.107. The lowest BCUT2D eigenvalue weighted by Crippen LogP contribution is -2.58. The van der Waals surface area contributed by atoms with Gasteiger partial charge in [-0.3, -0.25) is 14.4 Å². The summed E-state index contributed by atoms with van der Waals surface area (Å²) in [5.74, 6) is -3.10. The number of carbonyl (C=O) groups is 4. The van der Waals surface area contributed by atoms with Gasteiger partial charge in [0.15, 0.2) is 0 Å². The monoisotopic (exact) mass is 616 g/mol. The molecule has 0 fully saturated rings. The summed E-state index contributed by atoms with van der Waals surface area (Å²) in [6.07, 6.45) is 4.83. The summed E-state index contributed by atoms with van der Waals surface area (Å²) in [5, 5.41) is 19.9. The molecular formula is C34H44N6O5. The predicted molar refractivity (Wildman–Crippen MR) is 174 cm³/mol. The highest BCUT2D eigenvalue weighted by Gasteiger charge is 2.33. The van der Waals surface area contributed by atoms with E-state index in [0.717, 1.165) is 32.9 Å². The predicted octanol–water partition coefficient (Wildman–Crippen LogP) is 3.39. The van der Waals surface area contributed by atoms with Crippen molar-refractivity contribution < 1.29 is 24.3 Å². The van der Waals surface area contributed by atoms with E-state index in [4.69, 9.17) is 5.73 Å². The van der Waals surface area contributed by atoms with E-state index in [0.29, 0.717) is 12.8 Å².